The zero-order chi connectivity index (χ0) is 14.9. The average Bonchev–Trinajstić information content (AvgIpc) is 2.38. The fourth-order valence-electron chi connectivity index (χ4n) is 1.51. The summed E-state index contributed by atoms with van der Waals surface area (Å²) >= 11 is 8.78. The molecule has 2 aromatic carbocycles. The van der Waals surface area contributed by atoms with Gasteiger partial charge in [0.15, 0.2) is 11.6 Å². The Morgan fingerprint density at radius 1 is 1.05 bits per heavy atom. The summed E-state index contributed by atoms with van der Waals surface area (Å²) < 4.78 is 37.8. The van der Waals surface area contributed by atoms with Crippen LogP contribution in [0.4, 0.5) is 14.5 Å². The Morgan fingerprint density at radius 3 is 2.40 bits per heavy atom. The fraction of sp³-hybridized carbons (Fsp3) is 0.0769. The monoisotopic (exact) mass is 363 g/mol. The van der Waals surface area contributed by atoms with E-state index in [4.69, 9.17) is 26.8 Å². The Labute approximate surface area is 127 Å². The van der Waals surface area contributed by atoms with Crippen molar-refractivity contribution in [2.75, 3.05) is 12.8 Å². The number of hydrogen-bond donors (Lipinski definition) is 1. The van der Waals surface area contributed by atoms with E-state index < -0.39 is 11.6 Å². The van der Waals surface area contributed by atoms with Crippen molar-refractivity contribution in [3.8, 4) is 17.2 Å². The van der Waals surface area contributed by atoms with Crippen molar-refractivity contribution >= 4 is 33.2 Å². The number of nitrogens with two attached hydrogens (primary N) is 1. The van der Waals surface area contributed by atoms with Crippen molar-refractivity contribution in [2.24, 2.45) is 0 Å². The number of benzene rings is 2. The van der Waals surface area contributed by atoms with Crippen molar-refractivity contribution in [3.05, 3.63) is 45.4 Å². The molecule has 0 aliphatic heterocycles. The van der Waals surface area contributed by atoms with Gasteiger partial charge in [-0.15, -0.1) is 0 Å². The van der Waals surface area contributed by atoms with Gasteiger partial charge in [0.05, 0.1) is 22.3 Å². The van der Waals surface area contributed by atoms with Crippen LogP contribution in [0.2, 0.25) is 5.02 Å². The molecule has 0 aromatic heterocycles. The van der Waals surface area contributed by atoms with Crippen LogP contribution in [0.25, 0.3) is 0 Å². The predicted octanol–water partition coefficient (Wildman–Crippen LogP) is 4.76. The van der Waals surface area contributed by atoms with Gasteiger partial charge in [0.2, 0.25) is 0 Å². The molecule has 0 heterocycles. The van der Waals surface area contributed by atoms with Crippen LogP contribution in [0.1, 0.15) is 0 Å². The number of halogens is 4. The van der Waals surface area contributed by atoms with Crippen LogP contribution in [0.3, 0.4) is 0 Å². The van der Waals surface area contributed by atoms with E-state index in [0.29, 0.717) is 4.47 Å². The third-order valence-electron chi connectivity index (χ3n) is 2.48. The lowest BCUT2D eigenvalue weighted by molar-refractivity contribution is 0.401. The second-order valence-electron chi connectivity index (χ2n) is 3.82. The zero-order valence-electron chi connectivity index (χ0n) is 10.2. The minimum atomic E-state index is -0.689. The molecule has 0 atom stereocenters. The molecule has 0 fully saturated rings. The van der Waals surface area contributed by atoms with Gasteiger partial charge in [-0.3, -0.25) is 0 Å². The van der Waals surface area contributed by atoms with Crippen molar-refractivity contribution in [1.29, 1.82) is 0 Å². The molecule has 3 nitrogen and oxygen atoms in total. The van der Waals surface area contributed by atoms with Crippen molar-refractivity contribution in [1.82, 2.24) is 0 Å². The molecule has 0 aliphatic carbocycles. The second kappa shape index (κ2) is 5.85. The third kappa shape index (κ3) is 2.96. The maximum Gasteiger partial charge on any atom is 0.168 e. The van der Waals surface area contributed by atoms with E-state index in [2.05, 4.69) is 15.9 Å². The standard InChI is InChI=1S/C13H9BrClF2NO2/c1-19-13-5-12(9(17)3-10(13)18)20-11-4-8(16)7(15)2-6(11)14/h2-5H,18H2,1H3. The van der Waals surface area contributed by atoms with Gasteiger partial charge >= 0.3 is 0 Å². The quantitative estimate of drug-likeness (QED) is 0.630. The van der Waals surface area contributed by atoms with Crippen LogP contribution in [0.5, 0.6) is 17.2 Å². The SMILES string of the molecule is COc1cc(Oc2cc(F)c(Cl)cc2Br)c(F)cc1N. The van der Waals surface area contributed by atoms with Crippen molar-refractivity contribution in [2.45, 2.75) is 0 Å². The van der Waals surface area contributed by atoms with Gasteiger partial charge in [-0.05, 0) is 22.0 Å². The molecule has 0 unspecified atom stereocenters. The summed E-state index contributed by atoms with van der Waals surface area (Å²) in [4.78, 5) is 0. The molecule has 0 saturated carbocycles. The van der Waals surface area contributed by atoms with Crippen LogP contribution in [-0.2, 0) is 0 Å². The van der Waals surface area contributed by atoms with E-state index >= 15 is 0 Å². The molecule has 106 valence electrons. The lowest BCUT2D eigenvalue weighted by Gasteiger charge is -2.12. The van der Waals surface area contributed by atoms with Gasteiger partial charge in [-0.1, -0.05) is 11.6 Å². The summed E-state index contributed by atoms with van der Waals surface area (Å²) in [5.74, 6) is -1.17. The van der Waals surface area contributed by atoms with E-state index in [9.17, 15) is 8.78 Å². The molecule has 2 N–H and O–H groups in total. The highest BCUT2D eigenvalue weighted by molar-refractivity contribution is 9.10. The molecule has 0 spiro atoms. The zero-order valence-corrected chi connectivity index (χ0v) is 12.6. The first kappa shape index (κ1) is 14.9. The first-order valence-electron chi connectivity index (χ1n) is 5.37. The molecule has 0 aliphatic rings. The van der Waals surface area contributed by atoms with Crippen LogP contribution >= 0.6 is 27.5 Å². The summed E-state index contributed by atoms with van der Waals surface area (Å²) in [5, 5.41) is -0.0698. The van der Waals surface area contributed by atoms with E-state index in [1.165, 1.54) is 19.2 Å². The molecule has 0 bridgehead atoms. The van der Waals surface area contributed by atoms with E-state index in [0.717, 1.165) is 12.1 Å². The smallest absolute Gasteiger partial charge is 0.168 e. The minimum Gasteiger partial charge on any atom is -0.494 e. The Hall–Kier alpha value is -1.53. The molecule has 2 rings (SSSR count). The van der Waals surface area contributed by atoms with Gasteiger partial charge in [-0.25, -0.2) is 8.78 Å². The van der Waals surface area contributed by atoms with Gasteiger partial charge in [0, 0.05) is 18.2 Å². The highest BCUT2D eigenvalue weighted by atomic mass is 79.9. The molecule has 0 saturated heterocycles. The van der Waals surface area contributed by atoms with Gasteiger partial charge in [0.1, 0.15) is 17.3 Å². The first-order valence-corrected chi connectivity index (χ1v) is 6.55. The number of ether oxygens (including phenoxy) is 2. The molecule has 0 radical (unpaired) electrons. The molecule has 0 amide bonds. The Bertz CT molecular complexity index is 667. The second-order valence-corrected chi connectivity index (χ2v) is 5.08. The molecular formula is C13H9BrClF2NO2. The van der Waals surface area contributed by atoms with Crippen molar-refractivity contribution in [3.63, 3.8) is 0 Å². The number of rotatable bonds is 3. The Kier molecular flexibility index (Phi) is 4.35. The summed E-state index contributed by atoms with van der Waals surface area (Å²) in [7, 11) is 1.39. The van der Waals surface area contributed by atoms with E-state index in [-0.39, 0.29) is 28.0 Å². The van der Waals surface area contributed by atoms with Crippen LogP contribution in [0.15, 0.2) is 28.7 Å². The number of nitrogen functional groups attached to an aromatic ring is 1. The van der Waals surface area contributed by atoms with Crippen LogP contribution in [-0.4, -0.2) is 7.11 Å². The van der Waals surface area contributed by atoms with E-state index in [1.807, 2.05) is 0 Å². The topological polar surface area (TPSA) is 44.5 Å². The maximum absolute atomic E-state index is 13.8. The predicted molar refractivity (Wildman–Crippen MR) is 76.5 cm³/mol. The molecule has 2 aromatic rings. The normalized spacial score (nSPS) is 10.4. The summed E-state index contributed by atoms with van der Waals surface area (Å²) in [6.07, 6.45) is 0. The minimum absolute atomic E-state index is 0.0698. The Morgan fingerprint density at radius 2 is 1.75 bits per heavy atom. The largest absolute Gasteiger partial charge is 0.494 e. The van der Waals surface area contributed by atoms with Crippen LogP contribution in [0, 0.1) is 11.6 Å². The number of anilines is 1. The van der Waals surface area contributed by atoms with E-state index in [1.54, 1.807) is 0 Å². The lowest BCUT2D eigenvalue weighted by Crippen LogP contribution is -1.97. The number of hydrogen-bond acceptors (Lipinski definition) is 3. The Balaban J connectivity index is 2.42. The van der Waals surface area contributed by atoms with Gasteiger partial charge in [0.25, 0.3) is 0 Å². The van der Waals surface area contributed by atoms with Crippen LogP contribution < -0.4 is 15.2 Å². The summed E-state index contributed by atoms with van der Waals surface area (Å²) in [5.41, 5.74) is 5.70. The van der Waals surface area contributed by atoms with Gasteiger partial charge in [-0.2, -0.15) is 0 Å². The third-order valence-corrected chi connectivity index (χ3v) is 3.39. The number of methoxy groups -OCH3 is 1. The summed E-state index contributed by atoms with van der Waals surface area (Å²) in [6.45, 7) is 0. The first-order chi connectivity index (χ1) is 9.42. The van der Waals surface area contributed by atoms with Crippen molar-refractivity contribution < 1.29 is 18.3 Å². The molecule has 20 heavy (non-hydrogen) atoms. The molecule has 7 heteroatoms. The van der Waals surface area contributed by atoms with Gasteiger partial charge < -0.3 is 15.2 Å². The highest BCUT2D eigenvalue weighted by Gasteiger charge is 2.14. The highest BCUT2D eigenvalue weighted by Crippen LogP contribution is 2.37. The fourth-order valence-corrected chi connectivity index (χ4v) is 2.23. The molecular weight excluding hydrogens is 356 g/mol. The maximum atomic E-state index is 13.8. The summed E-state index contributed by atoms with van der Waals surface area (Å²) in [6, 6.07) is 4.71. The lowest BCUT2D eigenvalue weighted by atomic mass is 10.2. The average molecular weight is 365 g/mol.